The molecule has 1 aromatic rings. The summed E-state index contributed by atoms with van der Waals surface area (Å²) in [7, 11) is 0. The molecule has 0 radical (unpaired) electrons. The smallest absolute Gasteiger partial charge is 0.323 e. The number of hydrogen-bond acceptors (Lipinski definition) is 3. The van der Waals surface area contributed by atoms with Crippen LogP contribution in [0.3, 0.4) is 0 Å². The maximum absolute atomic E-state index is 12.4. The van der Waals surface area contributed by atoms with Crippen LogP contribution in [0.4, 0.5) is 0 Å². The van der Waals surface area contributed by atoms with E-state index in [4.69, 9.17) is 5.11 Å². The summed E-state index contributed by atoms with van der Waals surface area (Å²) in [5.41, 5.74) is 0.364. The summed E-state index contributed by atoms with van der Waals surface area (Å²) in [4.78, 5) is 24.8. The largest absolute Gasteiger partial charge is 0.480 e. The van der Waals surface area contributed by atoms with Crippen molar-refractivity contribution in [2.24, 2.45) is 0 Å². The normalized spacial score (nSPS) is 19.4. The van der Waals surface area contributed by atoms with Gasteiger partial charge in [0.05, 0.1) is 12.6 Å². The van der Waals surface area contributed by atoms with Gasteiger partial charge in [-0.2, -0.15) is 0 Å². The quantitative estimate of drug-likeness (QED) is 0.834. The van der Waals surface area contributed by atoms with E-state index in [1.54, 1.807) is 23.2 Å². The molecule has 0 aromatic carbocycles. The molecule has 0 spiro atoms. The van der Waals surface area contributed by atoms with Crippen LogP contribution in [0.5, 0.6) is 0 Å². The summed E-state index contributed by atoms with van der Waals surface area (Å²) >= 11 is 0. The number of carboxylic acid groups (broad SMARTS) is 1. The van der Waals surface area contributed by atoms with Crippen molar-refractivity contribution in [1.29, 1.82) is 0 Å². The minimum atomic E-state index is -0.984. The molecule has 1 atom stereocenters. The van der Waals surface area contributed by atoms with Crippen LogP contribution in [0.2, 0.25) is 0 Å². The number of nitrogens with zero attached hydrogens (tertiary/aromatic N) is 2. The highest BCUT2D eigenvalue weighted by atomic mass is 16.4. The van der Waals surface area contributed by atoms with Crippen molar-refractivity contribution < 1.29 is 19.8 Å². The van der Waals surface area contributed by atoms with Crippen molar-refractivity contribution in [2.75, 3.05) is 13.2 Å². The van der Waals surface area contributed by atoms with Crippen LogP contribution in [-0.2, 0) is 11.3 Å². The maximum Gasteiger partial charge on any atom is 0.323 e. The van der Waals surface area contributed by atoms with Crippen LogP contribution in [-0.4, -0.2) is 50.8 Å². The van der Waals surface area contributed by atoms with E-state index in [9.17, 15) is 14.7 Å². The van der Waals surface area contributed by atoms with E-state index >= 15 is 0 Å². The first-order valence-electron chi connectivity index (χ1n) is 6.42. The van der Waals surface area contributed by atoms with E-state index < -0.39 is 5.97 Å². The predicted molar refractivity (Wildman–Crippen MR) is 67.8 cm³/mol. The molecule has 1 fully saturated rings. The first-order chi connectivity index (χ1) is 9.13. The molecule has 1 amide bonds. The molecule has 1 aliphatic heterocycles. The van der Waals surface area contributed by atoms with Gasteiger partial charge in [0.15, 0.2) is 0 Å². The first-order valence-corrected chi connectivity index (χ1v) is 6.42. The Morgan fingerprint density at radius 1 is 1.37 bits per heavy atom. The number of aromatic nitrogens is 1. The van der Waals surface area contributed by atoms with Crippen LogP contribution >= 0.6 is 0 Å². The molecule has 0 aliphatic carbocycles. The van der Waals surface area contributed by atoms with Crippen molar-refractivity contribution in [3.8, 4) is 0 Å². The second-order valence-corrected chi connectivity index (χ2v) is 4.75. The number of aliphatic hydroxyl groups is 1. The van der Waals surface area contributed by atoms with Gasteiger partial charge in [0.2, 0.25) is 0 Å². The molecule has 1 saturated heterocycles. The average Bonchev–Trinajstić information content (AvgIpc) is 2.85. The number of aliphatic hydroxyl groups excluding tert-OH is 1. The Balaban J connectivity index is 2.18. The van der Waals surface area contributed by atoms with Gasteiger partial charge < -0.3 is 19.7 Å². The number of carbonyl (C=O) groups is 2. The van der Waals surface area contributed by atoms with Crippen LogP contribution < -0.4 is 0 Å². The molecule has 6 heteroatoms. The molecule has 1 unspecified atom stereocenters. The number of rotatable bonds is 4. The number of hydrogen-bond donors (Lipinski definition) is 2. The molecule has 0 saturated carbocycles. The van der Waals surface area contributed by atoms with E-state index in [-0.39, 0.29) is 25.1 Å². The van der Waals surface area contributed by atoms with Gasteiger partial charge in [-0.05, 0) is 31.4 Å². The van der Waals surface area contributed by atoms with Gasteiger partial charge >= 0.3 is 5.97 Å². The van der Waals surface area contributed by atoms with Crippen molar-refractivity contribution in [3.63, 3.8) is 0 Å². The lowest BCUT2D eigenvalue weighted by Gasteiger charge is -2.34. The summed E-state index contributed by atoms with van der Waals surface area (Å²) in [6, 6.07) is 3.12. The maximum atomic E-state index is 12.4. The Bertz CT molecular complexity index is 469. The van der Waals surface area contributed by atoms with Crippen LogP contribution in [0.1, 0.15) is 29.8 Å². The third-order valence-corrected chi connectivity index (χ3v) is 3.45. The van der Waals surface area contributed by atoms with Gasteiger partial charge in [-0.15, -0.1) is 0 Å². The third kappa shape index (κ3) is 2.96. The number of likely N-dealkylation sites (tertiary alicyclic amines) is 1. The summed E-state index contributed by atoms with van der Waals surface area (Å²) in [6.07, 6.45) is 4.30. The number of amides is 1. The predicted octanol–water partition coefficient (Wildman–Crippen LogP) is 0.560. The fourth-order valence-corrected chi connectivity index (χ4v) is 2.50. The van der Waals surface area contributed by atoms with Crippen molar-refractivity contribution in [3.05, 3.63) is 24.0 Å². The van der Waals surface area contributed by atoms with Gasteiger partial charge in [0.1, 0.15) is 12.2 Å². The number of carbonyl (C=O) groups excluding carboxylic acids is 1. The lowest BCUT2D eigenvalue weighted by Crippen LogP contribution is -2.46. The lowest BCUT2D eigenvalue weighted by molar-refractivity contribution is -0.137. The highest BCUT2D eigenvalue weighted by molar-refractivity contribution is 5.93. The molecule has 2 heterocycles. The summed E-state index contributed by atoms with van der Waals surface area (Å²) in [6.45, 7) is 0.333. The Kier molecular flexibility index (Phi) is 4.21. The van der Waals surface area contributed by atoms with Crippen LogP contribution in [0.15, 0.2) is 18.3 Å². The highest BCUT2D eigenvalue weighted by Gasteiger charge is 2.28. The summed E-state index contributed by atoms with van der Waals surface area (Å²) in [5, 5.41) is 18.1. The van der Waals surface area contributed by atoms with Gasteiger partial charge in [-0.1, -0.05) is 0 Å². The van der Waals surface area contributed by atoms with E-state index in [1.807, 2.05) is 0 Å². The van der Waals surface area contributed by atoms with Gasteiger partial charge in [-0.25, -0.2) is 0 Å². The molecule has 6 nitrogen and oxygen atoms in total. The Morgan fingerprint density at radius 2 is 2.16 bits per heavy atom. The van der Waals surface area contributed by atoms with E-state index in [0.29, 0.717) is 12.2 Å². The van der Waals surface area contributed by atoms with Gasteiger partial charge in [-0.3, -0.25) is 9.59 Å². The first kappa shape index (κ1) is 13.6. The second kappa shape index (κ2) is 5.88. The number of carboxylic acids is 1. The standard InChI is InChI=1S/C13H18N2O4/c16-9-10-4-1-2-7-15(10)13(19)11-5-3-6-14(11)8-12(17)18/h3,5-6,10,16H,1-2,4,7-9H2,(H,17,18). The van der Waals surface area contributed by atoms with Gasteiger partial charge in [0.25, 0.3) is 5.91 Å². The topological polar surface area (TPSA) is 82.8 Å². The molecule has 2 rings (SSSR count). The molecule has 1 aliphatic rings. The van der Waals surface area contributed by atoms with Crippen molar-refractivity contribution >= 4 is 11.9 Å². The molecule has 0 bridgehead atoms. The minimum Gasteiger partial charge on any atom is -0.480 e. The zero-order valence-electron chi connectivity index (χ0n) is 10.7. The van der Waals surface area contributed by atoms with E-state index in [2.05, 4.69) is 0 Å². The zero-order valence-corrected chi connectivity index (χ0v) is 10.7. The van der Waals surface area contributed by atoms with E-state index in [0.717, 1.165) is 19.3 Å². The molecule has 19 heavy (non-hydrogen) atoms. The Labute approximate surface area is 111 Å². The fourth-order valence-electron chi connectivity index (χ4n) is 2.50. The zero-order chi connectivity index (χ0) is 13.8. The van der Waals surface area contributed by atoms with Gasteiger partial charge in [0, 0.05) is 12.7 Å². The highest BCUT2D eigenvalue weighted by Crippen LogP contribution is 2.19. The monoisotopic (exact) mass is 266 g/mol. The second-order valence-electron chi connectivity index (χ2n) is 4.75. The van der Waals surface area contributed by atoms with Crippen LogP contribution in [0, 0.1) is 0 Å². The van der Waals surface area contributed by atoms with Crippen molar-refractivity contribution in [1.82, 2.24) is 9.47 Å². The Hall–Kier alpha value is -1.82. The third-order valence-electron chi connectivity index (χ3n) is 3.45. The Morgan fingerprint density at radius 3 is 2.84 bits per heavy atom. The van der Waals surface area contributed by atoms with Crippen molar-refractivity contribution in [2.45, 2.75) is 31.8 Å². The minimum absolute atomic E-state index is 0.0502. The molecule has 2 N–H and O–H groups in total. The average molecular weight is 266 g/mol. The SMILES string of the molecule is O=C(O)Cn1cccc1C(=O)N1CCCCC1CO. The lowest BCUT2D eigenvalue weighted by atomic mass is 10.0. The molecular weight excluding hydrogens is 248 g/mol. The summed E-state index contributed by atoms with van der Waals surface area (Å²) in [5.74, 6) is -1.19. The molecular formula is C13H18N2O4. The van der Waals surface area contributed by atoms with E-state index in [1.165, 1.54) is 4.57 Å². The molecule has 1 aromatic heterocycles. The summed E-state index contributed by atoms with van der Waals surface area (Å²) < 4.78 is 1.42. The number of piperidine rings is 1. The van der Waals surface area contributed by atoms with Crippen LogP contribution in [0.25, 0.3) is 0 Å². The molecule has 104 valence electrons. The fraction of sp³-hybridized carbons (Fsp3) is 0.538. The number of aliphatic carboxylic acids is 1.